The molecule has 0 saturated carbocycles. The highest BCUT2D eigenvalue weighted by Gasteiger charge is 2.41. The van der Waals surface area contributed by atoms with Gasteiger partial charge in [0.2, 0.25) is 0 Å². The summed E-state index contributed by atoms with van der Waals surface area (Å²) in [6, 6.07) is 7.29. The van der Waals surface area contributed by atoms with Gasteiger partial charge in [-0.05, 0) is 37.3 Å². The van der Waals surface area contributed by atoms with Crippen LogP contribution in [0.2, 0.25) is 0 Å². The minimum Gasteiger partial charge on any atom is -0.479 e. The molecule has 0 unspecified atom stereocenters. The van der Waals surface area contributed by atoms with Crippen LogP contribution in [0.15, 0.2) is 34.9 Å². The molecule has 1 aromatic carbocycles. The Morgan fingerprint density at radius 2 is 1.86 bits per heavy atom. The van der Waals surface area contributed by atoms with Gasteiger partial charge in [0.1, 0.15) is 5.82 Å². The van der Waals surface area contributed by atoms with Gasteiger partial charge in [-0.25, -0.2) is 14.2 Å². The molecule has 9 heteroatoms. The number of hydrogen-bond acceptors (Lipinski definition) is 6. The lowest BCUT2D eigenvalue weighted by atomic mass is 9.91. The van der Waals surface area contributed by atoms with Gasteiger partial charge in [0.15, 0.2) is 5.60 Å². The number of carboxylic acid groups (broad SMARTS) is 1. The van der Waals surface area contributed by atoms with Crippen molar-refractivity contribution in [1.82, 2.24) is 15.0 Å². The molecule has 2 N–H and O–H groups in total. The van der Waals surface area contributed by atoms with Crippen molar-refractivity contribution in [2.24, 2.45) is 0 Å². The molecule has 8 nitrogen and oxygen atoms in total. The molecule has 1 fully saturated rings. The molecule has 29 heavy (non-hydrogen) atoms. The Bertz CT molecular complexity index is 1100. The molecular formula is C20H18FN3O5. The second-order valence-corrected chi connectivity index (χ2v) is 7.14. The maximum Gasteiger partial charge on any atom is 0.335 e. The third kappa shape index (κ3) is 3.33. The lowest BCUT2D eigenvalue weighted by molar-refractivity contribution is -0.162. The zero-order chi connectivity index (χ0) is 20.8. The van der Waals surface area contributed by atoms with Gasteiger partial charge >= 0.3 is 5.97 Å². The molecule has 4 rings (SSSR count). The Hall–Kier alpha value is -3.33. The Balaban J connectivity index is 1.72. The number of nitrogens with zero attached hydrogens (tertiary/aromatic N) is 3. The van der Waals surface area contributed by atoms with Crippen LogP contribution in [0.25, 0.3) is 22.4 Å². The number of carbonyl (C=O) groups is 2. The molecule has 0 bridgehead atoms. The number of fused-ring (bicyclic) bond motifs is 1. The summed E-state index contributed by atoms with van der Waals surface area (Å²) in [5, 5.41) is 23.6. The number of hydrogen-bond donors (Lipinski definition) is 2. The molecule has 150 valence electrons. The lowest BCUT2D eigenvalue weighted by Gasteiger charge is -2.35. The maximum atomic E-state index is 13.3. The van der Waals surface area contributed by atoms with E-state index in [9.17, 15) is 19.1 Å². The van der Waals surface area contributed by atoms with Crippen LogP contribution >= 0.6 is 0 Å². The molecule has 0 radical (unpaired) electrons. The van der Waals surface area contributed by atoms with E-state index in [-0.39, 0.29) is 43.4 Å². The number of halogens is 1. The summed E-state index contributed by atoms with van der Waals surface area (Å²) in [6.45, 7) is 1.89. The first-order chi connectivity index (χ1) is 13.8. The van der Waals surface area contributed by atoms with Crippen molar-refractivity contribution in [2.75, 3.05) is 13.1 Å². The number of likely N-dealkylation sites (tertiary alicyclic amines) is 1. The molecule has 3 heterocycles. The number of aryl methyl sites for hydroxylation is 1. The van der Waals surface area contributed by atoms with Gasteiger partial charge in [0.25, 0.3) is 11.6 Å². The minimum absolute atomic E-state index is 0.0598. The van der Waals surface area contributed by atoms with E-state index in [1.54, 1.807) is 25.1 Å². The van der Waals surface area contributed by atoms with E-state index in [0.29, 0.717) is 27.9 Å². The Morgan fingerprint density at radius 1 is 1.21 bits per heavy atom. The molecule has 1 aliphatic heterocycles. The summed E-state index contributed by atoms with van der Waals surface area (Å²) in [6.07, 6.45) is -0.120. The summed E-state index contributed by atoms with van der Waals surface area (Å²) in [5.41, 5.74) is 0.212. The van der Waals surface area contributed by atoms with E-state index in [4.69, 9.17) is 9.63 Å². The normalized spacial score (nSPS) is 16.2. The molecule has 0 atom stereocenters. The van der Waals surface area contributed by atoms with Crippen molar-refractivity contribution in [3.63, 3.8) is 0 Å². The van der Waals surface area contributed by atoms with Gasteiger partial charge in [0, 0.05) is 31.5 Å². The predicted octanol–water partition coefficient (Wildman–Crippen LogP) is 2.39. The predicted molar refractivity (Wildman–Crippen MR) is 99.7 cm³/mol. The van der Waals surface area contributed by atoms with E-state index in [0.717, 1.165) is 0 Å². The zero-order valence-electron chi connectivity index (χ0n) is 15.6. The zero-order valence-corrected chi connectivity index (χ0v) is 15.6. The van der Waals surface area contributed by atoms with E-state index in [1.165, 1.54) is 17.0 Å². The molecule has 1 aliphatic rings. The smallest absolute Gasteiger partial charge is 0.335 e. The minimum atomic E-state index is -1.82. The van der Waals surface area contributed by atoms with Crippen LogP contribution < -0.4 is 0 Å². The fourth-order valence-corrected chi connectivity index (χ4v) is 3.50. The standard InChI is InChI=1S/C20H18FN3O5/c1-11-16-14(18(25)24-8-6-20(28,7-9-24)19(26)27)10-15(22-17(16)29-23-11)12-2-4-13(21)5-3-12/h2-5,10,28H,6-9H2,1H3,(H,26,27). The summed E-state index contributed by atoms with van der Waals surface area (Å²) in [4.78, 5) is 30.3. The van der Waals surface area contributed by atoms with Gasteiger partial charge in [-0.15, -0.1) is 0 Å². The van der Waals surface area contributed by atoms with E-state index >= 15 is 0 Å². The highest BCUT2D eigenvalue weighted by atomic mass is 19.1. The fraction of sp³-hybridized carbons (Fsp3) is 0.300. The number of piperidine rings is 1. The third-order valence-corrected chi connectivity index (χ3v) is 5.26. The van der Waals surface area contributed by atoms with Crippen molar-refractivity contribution in [3.8, 4) is 11.3 Å². The number of aliphatic hydroxyl groups is 1. The molecule has 0 aliphatic carbocycles. The third-order valence-electron chi connectivity index (χ3n) is 5.26. The van der Waals surface area contributed by atoms with Crippen LogP contribution in [0.1, 0.15) is 28.9 Å². The van der Waals surface area contributed by atoms with Gasteiger partial charge in [-0.3, -0.25) is 4.79 Å². The van der Waals surface area contributed by atoms with Gasteiger partial charge in [0.05, 0.1) is 22.3 Å². The SMILES string of the molecule is Cc1noc2nc(-c3ccc(F)cc3)cc(C(=O)N3CCC(O)(C(=O)O)CC3)c12. The maximum absolute atomic E-state index is 13.3. The fourth-order valence-electron chi connectivity index (χ4n) is 3.50. The average molecular weight is 399 g/mol. The number of carboxylic acids is 1. The van der Waals surface area contributed by atoms with E-state index < -0.39 is 11.6 Å². The van der Waals surface area contributed by atoms with Crippen molar-refractivity contribution in [1.29, 1.82) is 0 Å². The van der Waals surface area contributed by atoms with Crippen molar-refractivity contribution in [3.05, 3.63) is 47.4 Å². The van der Waals surface area contributed by atoms with Crippen LogP contribution in [-0.2, 0) is 4.79 Å². The molecule has 1 amide bonds. The first-order valence-corrected chi connectivity index (χ1v) is 9.06. The number of rotatable bonds is 3. The second kappa shape index (κ2) is 6.93. The van der Waals surface area contributed by atoms with Crippen molar-refractivity contribution < 1.29 is 28.7 Å². The first-order valence-electron chi connectivity index (χ1n) is 9.06. The number of carbonyl (C=O) groups excluding carboxylic acids is 1. The van der Waals surface area contributed by atoms with Crippen LogP contribution in [0, 0.1) is 12.7 Å². The largest absolute Gasteiger partial charge is 0.479 e. The number of aliphatic carboxylic acids is 1. The van der Waals surface area contributed by atoms with Crippen LogP contribution in [0.3, 0.4) is 0 Å². The topological polar surface area (TPSA) is 117 Å². The molecule has 2 aromatic heterocycles. The Labute approximate surface area is 164 Å². The highest BCUT2D eigenvalue weighted by molar-refractivity contribution is 6.07. The van der Waals surface area contributed by atoms with Crippen LogP contribution in [0.4, 0.5) is 4.39 Å². The van der Waals surface area contributed by atoms with E-state index in [1.807, 2.05) is 0 Å². The van der Waals surface area contributed by atoms with Crippen molar-refractivity contribution >= 4 is 23.0 Å². The summed E-state index contributed by atoms with van der Waals surface area (Å²) < 4.78 is 18.5. The van der Waals surface area contributed by atoms with Gasteiger partial charge < -0.3 is 19.6 Å². The quantitative estimate of drug-likeness (QED) is 0.694. The van der Waals surface area contributed by atoms with Crippen LogP contribution in [0.5, 0.6) is 0 Å². The van der Waals surface area contributed by atoms with Gasteiger partial charge in [-0.2, -0.15) is 0 Å². The van der Waals surface area contributed by atoms with Gasteiger partial charge in [-0.1, -0.05) is 5.16 Å². The first kappa shape index (κ1) is 19.0. The Morgan fingerprint density at radius 3 is 2.48 bits per heavy atom. The number of pyridine rings is 1. The van der Waals surface area contributed by atoms with Crippen LogP contribution in [-0.4, -0.2) is 55.8 Å². The lowest BCUT2D eigenvalue weighted by Crippen LogP contribution is -2.50. The second-order valence-electron chi connectivity index (χ2n) is 7.14. The van der Waals surface area contributed by atoms with Crippen molar-refractivity contribution in [2.45, 2.75) is 25.4 Å². The Kier molecular flexibility index (Phi) is 4.54. The molecule has 1 saturated heterocycles. The average Bonchev–Trinajstić information content (AvgIpc) is 3.09. The molecule has 3 aromatic rings. The number of amides is 1. The number of aromatic nitrogens is 2. The molecule has 0 spiro atoms. The van der Waals surface area contributed by atoms with E-state index in [2.05, 4.69) is 10.1 Å². The summed E-state index contributed by atoms with van der Waals surface area (Å²) in [7, 11) is 0. The number of benzene rings is 1. The summed E-state index contributed by atoms with van der Waals surface area (Å²) >= 11 is 0. The monoisotopic (exact) mass is 399 g/mol. The highest BCUT2D eigenvalue weighted by Crippen LogP contribution is 2.30. The molecular weight excluding hydrogens is 381 g/mol. The summed E-state index contributed by atoms with van der Waals surface area (Å²) in [5.74, 6) is -2.01.